The molecule has 2 aliphatic rings. The molecule has 1 saturated heterocycles. The van der Waals surface area contributed by atoms with E-state index in [1.165, 1.54) is 5.56 Å². The highest BCUT2D eigenvalue weighted by Gasteiger charge is 2.28. The smallest absolute Gasteiger partial charge is 0.240 e. The minimum absolute atomic E-state index is 0.276. The lowest BCUT2D eigenvalue weighted by molar-refractivity contribution is 0.173. The van der Waals surface area contributed by atoms with Gasteiger partial charge in [-0.05, 0) is 37.1 Å². The van der Waals surface area contributed by atoms with Crippen molar-refractivity contribution in [2.45, 2.75) is 32.0 Å². The average molecular weight is 302 g/mol. The molecule has 0 radical (unpaired) electrons. The molecule has 3 heterocycles. The lowest BCUT2D eigenvalue weighted by Crippen LogP contribution is -2.23. The van der Waals surface area contributed by atoms with Gasteiger partial charge in [0.25, 0.3) is 0 Å². The molecule has 4 rings (SSSR count). The van der Waals surface area contributed by atoms with Crippen molar-refractivity contribution >= 4 is 0 Å². The second-order valence-electron chi connectivity index (χ2n) is 5.55. The molecule has 116 valence electrons. The van der Waals surface area contributed by atoms with Gasteiger partial charge in [0.15, 0.2) is 17.3 Å². The van der Waals surface area contributed by atoms with Crippen LogP contribution in [0.15, 0.2) is 22.7 Å². The number of likely N-dealkylation sites (tertiary alicyclic amines) is 1. The van der Waals surface area contributed by atoms with Crippen molar-refractivity contribution in [3.63, 3.8) is 0 Å². The Morgan fingerprint density at radius 2 is 2.18 bits per heavy atom. The van der Waals surface area contributed by atoms with Crippen molar-refractivity contribution < 1.29 is 14.0 Å². The summed E-state index contributed by atoms with van der Waals surface area (Å²) in [6.45, 7) is 2.27. The zero-order chi connectivity index (χ0) is 14.9. The molecular weight excluding hydrogens is 284 g/mol. The molecule has 0 saturated carbocycles. The van der Waals surface area contributed by atoms with Crippen molar-refractivity contribution in [2.24, 2.45) is 5.73 Å². The van der Waals surface area contributed by atoms with E-state index in [0.29, 0.717) is 31.1 Å². The van der Waals surface area contributed by atoms with Crippen molar-refractivity contribution in [3.05, 3.63) is 35.5 Å². The molecule has 2 aromatic rings. The number of nitrogens with two attached hydrogens (primary N) is 1. The molecule has 0 amide bonds. The number of aromatic nitrogens is 2. The monoisotopic (exact) mass is 302 g/mol. The molecule has 22 heavy (non-hydrogen) atoms. The standard InChI is InChI=1S/C15H18N4O3/c16-7-15-17-14(18-22-15)8-19-5-1-2-11(19)10-3-4-12-13(6-10)21-9-20-12/h3-4,6,11H,1-2,5,7-9,16H2. The SMILES string of the molecule is NCc1nc(CN2CCCC2c2ccc3c(c2)OCO3)no1. The van der Waals surface area contributed by atoms with E-state index in [9.17, 15) is 0 Å². The Balaban J connectivity index is 1.53. The first kappa shape index (κ1) is 13.5. The fourth-order valence-corrected chi connectivity index (χ4v) is 3.13. The van der Waals surface area contributed by atoms with Crippen LogP contribution in [0, 0.1) is 0 Å². The highest BCUT2D eigenvalue weighted by atomic mass is 16.7. The first-order chi connectivity index (χ1) is 10.8. The van der Waals surface area contributed by atoms with Crippen LogP contribution in [0.2, 0.25) is 0 Å². The average Bonchev–Trinajstić information content (AvgIpc) is 3.27. The second kappa shape index (κ2) is 5.58. The number of benzene rings is 1. The predicted molar refractivity (Wildman–Crippen MR) is 77.1 cm³/mol. The maximum atomic E-state index is 5.51. The number of hydrogen-bond donors (Lipinski definition) is 1. The van der Waals surface area contributed by atoms with Crippen LogP contribution in [-0.2, 0) is 13.1 Å². The molecule has 1 aromatic heterocycles. The normalized spacial score (nSPS) is 20.7. The second-order valence-corrected chi connectivity index (χ2v) is 5.55. The number of ether oxygens (including phenoxy) is 2. The number of rotatable bonds is 4. The Morgan fingerprint density at radius 1 is 1.27 bits per heavy atom. The van der Waals surface area contributed by atoms with Crippen molar-refractivity contribution in [1.82, 2.24) is 15.0 Å². The van der Waals surface area contributed by atoms with Crippen LogP contribution >= 0.6 is 0 Å². The number of hydrogen-bond acceptors (Lipinski definition) is 7. The van der Waals surface area contributed by atoms with Crippen LogP contribution in [0.1, 0.15) is 36.2 Å². The summed E-state index contributed by atoms with van der Waals surface area (Å²) in [5.41, 5.74) is 6.75. The first-order valence-corrected chi connectivity index (χ1v) is 7.48. The van der Waals surface area contributed by atoms with Gasteiger partial charge in [0, 0.05) is 6.04 Å². The Labute approximate surface area is 128 Å². The maximum Gasteiger partial charge on any atom is 0.240 e. The van der Waals surface area contributed by atoms with Crippen LogP contribution in [-0.4, -0.2) is 28.4 Å². The van der Waals surface area contributed by atoms with Crippen molar-refractivity contribution in [3.8, 4) is 11.5 Å². The Morgan fingerprint density at radius 3 is 3.05 bits per heavy atom. The number of fused-ring (bicyclic) bond motifs is 1. The Kier molecular flexibility index (Phi) is 3.44. The van der Waals surface area contributed by atoms with Gasteiger partial charge >= 0.3 is 0 Å². The van der Waals surface area contributed by atoms with Gasteiger partial charge < -0.3 is 19.7 Å². The molecule has 7 nitrogen and oxygen atoms in total. The van der Waals surface area contributed by atoms with E-state index in [0.717, 1.165) is 30.9 Å². The summed E-state index contributed by atoms with van der Waals surface area (Å²) in [5.74, 6) is 2.82. The largest absolute Gasteiger partial charge is 0.454 e. The third kappa shape index (κ3) is 2.42. The van der Waals surface area contributed by atoms with E-state index in [2.05, 4.69) is 27.2 Å². The van der Waals surface area contributed by atoms with Crippen LogP contribution in [0.25, 0.3) is 0 Å². The summed E-state index contributed by atoms with van der Waals surface area (Å²) in [6, 6.07) is 6.51. The van der Waals surface area contributed by atoms with E-state index in [4.69, 9.17) is 19.7 Å². The fraction of sp³-hybridized carbons (Fsp3) is 0.467. The van der Waals surface area contributed by atoms with Gasteiger partial charge in [-0.1, -0.05) is 11.2 Å². The van der Waals surface area contributed by atoms with Crippen LogP contribution in [0.5, 0.6) is 11.5 Å². The molecule has 1 aromatic carbocycles. The molecule has 0 spiro atoms. The van der Waals surface area contributed by atoms with Crippen LogP contribution in [0.4, 0.5) is 0 Å². The molecule has 2 N–H and O–H groups in total. The van der Waals surface area contributed by atoms with Gasteiger partial charge in [-0.3, -0.25) is 4.90 Å². The minimum Gasteiger partial charge on any atom is -0.454 e. The highest BCUT2D eigenvalue weighted by Crippen LogP contribution is 2.39. The molecule has 0 bridgehead atoms. The fourth-order valence-electron chi connectivity index (χ4n) is 3.13. The van der Waals surface area contributed by atoms with Crippen molar-refractivity contribution in [1.29, 1.82) is 0 Å². The summed E-state index contributed by atoms with van der Waals surface area (Å²) < 4.78 is 15.9. The van der Waals surface area contributed by atoms with Gasteiger partial charge in [-0.15, -0.1) is 0 Å². The van der Waals surface area contributed by atoms with E-state index in [1.807, 2.05) is 6.07 Å². The minimum atomic E-state index is 0.276. The molecule has 2 aliphatic heterocycles. The van der Waals surface area contributed by atoms with E-state index >= 15 is 0 Å². The van der Waals surface area contributed by atoms with Gasteiger partial charge in [0.2, 0.25) is 12.7 Å². The number of nitrogens with zero attached hydrogens (tertiary/aromatic N) is 3. The zero-order valence-corrected chi connectivity index (χ0v) is 12.2. The third-order valence-corrected chi connectivity index (χ3v) is 4.17. The maximum absolute atomic E-state index is 5.51. The topological polar surface area (TPSA) is 86.6 Å². The molecule has 0 aliphatic carbocycles. The lowest BCUT2D eigenvalue weighted by Gasteiger charge is -2.23. The summed E-state index contributed by atoms with van der Waals surface area (Å²) in [4.78, 5) is 6.65. The third-order valence-electron chi connectivity index (χ3n) is 4.17. The van der Waals surface area contributed by atoms with Gasteiger partial charge in [0.1, 0.15) is 0 Å². The summed E-state index contributed by atoms with van der Waals surface area (Å²) >= 11 is 0. The van der Waals surface area contributed by atoms with Gasteiger partial charge in [-0.2, -0.15) is 4.98 Å². The van der Waals surface area contributed by atoms with Gasteiger partial charge in [0.05, 0.1) is 13.1 Å². The molecule has 1 unspecified atom stereocenters. The summed E-state index contributed by atoms with van der Waals surface area (Å²) in [5, 5.41) is 3.98. The zero-order valence-electron chi connectivity index (χ0n) is 12.2. The highest BCUT2D eigenvalue weighted by molar-refractivity contribution is 5.45. The summed E-state index contributed by atoms with van der Waals surface area (Å²) in [7, 11) is 0. The molecule has 7 heteroatoms. The summed E-state index contributed by atoms with van der Waals surface area (Å²) in [6.07, 6.45) is 2.27. The first-order valence-electron chi connectivity index (χ1n) is 7.48. The van der Waals surface area contributed by atoms with E-state index in [-0.39, 0.29) is 6.54 Å². The lowest BCUT2D eigenvalue weighted by atomic mass is 10.0. The molecular formula is C15H18N4O3. The Hall–Kier alpha value is -2.12. The van der Waals surface area contributed by atoms with Gasteiger partial charge in [-0.25, -0.2) is 0 Å². The van der Waals surface area contributed by atoms with E-state index in [1.54, 1.807) is 0 Å². The van der Waals surface area contributed by atoms with Crippen LogP contribution < -0.4 is 15.2 Å². The van der Waals surface area contributed by atoms with E-state index < -0.39 is 0 Å². The molecule has 1 atom stereocenters. The predicted octanol–water partition coefficient (Wildman–Crippen LogP) is 1.59. The van der Waals surface area contributed by atoms with Crippen LogP contribution in [0.3, 0.4) is 0 Å². The quantitative estimate of drug-likeness (QED) is 0.917. The molecule has 1 fully saturated rings. The van der Waals surface area contributed by atoms with Crippen molar-refractivity contribution in [2.75, 3.05) is 13.3 Å². The Bertz CT molecular complexity index is 673.